The van der Waals surface area contributed by atoms with Crippen LogP contribution in [-0.4, -0.2) is 15.2 Å². The highest BCUT2D eigenvalue weighted by molar-refractivity contribution is 5.95. The quantitative estimate of drug-likeness (QED) is 0.650. The Labute approximate surface area is 91.3 Å². The van der Waals surface area contributed by atoms with Crippen molar-refractivity contribution in [2.24, 2.45) is 0 Å². The van der Waals surface area contributed by atoms with Crippen LogP contribution in [0.2, 0.25) is 0 Å². The van der Waals surface area contributed by atoms with Crippen LogP contribution in [0.25, 0.3) is 22.2 Å². The topological polar surface area (TPSA) is 80.7 Å². The number of rotatable bonds is 1. The van der Waals surface area contributed by atoms with Gasteiger partial charge < -0.3 is 10.2 Å². The largest absolute Gasteiger partial charge is 0.424 e. The van der Waals surface area contributed by atoms with Crippen LogP contribution in [0.4, 0.5) is 6.01 Å². The lowest BCUT2D eigenvalue weighted by Gasteiger charge is -1.98. The third-order valence-corrected chi connectivity index (χ3v) is 2.55. The molecule has 0 bridgehead atoms. The highest BCUT2D eigenvalue weighted by Gasteiger charge is 2.11. The lowest BCUT2D eigenvalue weighted by atomic mass is 10.1. The minimum atomic E-state index is 0.174. The number of oxazole rings is 1. The average molecular weight is 214 g/mol. The van der Waals surface area contributed by atoms with E-state index in [4.69, 9.17) is 10.2 Å². The van der Waals surface area contributed by atoms with Crippen molar-refractivity contribution in [3.8, 4) is 11.3 Å². The Morgan fingerprint density at radius 1 is 1.38 bits per heavy atom. The number of aromatic amines is 1. The Kier molecular flexibility index (Phi) is 1.73. The molecule has 0 saturated heterocycles. The number of anilines is 1. The van der Waals surface area contributed by atoms with E-state index in [0.29, 0.717) is 5.76 Å². The van der Waals surface area contributed by atoms with Crippen molar-refractivity contribution in [2.45, 2.75) is 6.92 Å². The second kappa shape index (κ2) is 3.10. The molecule has 1 aromatic carbocycles. The zero-order chi connectivity index (χ0) is 11.1. The number of hydrogen-bond acceptors (Lipinski definition) is 4. The molecule has 0 aliphatic rings. The summed E-state index contributed by atoms with van der Waals surface area (Å²) in [6, 6.07) is 6.01. The molecular weight excluding hydrogens is 204 g/mol. The van der Waals surface area contributed by atoms with Gasteiger partial charge in [0.25, 0.3) is 6.01 Å². The van der Waals surface area contributed by atoms with Crippen molar-refractivity contribution in [2.75, 3.05) is 5.73 Å². The molecule has 0 amide bonds. The first-order valence-electron chi connectivity index (χ1n) is 4.91. The van der Waals surface area contributed by atoms with Gasteiger partial charge in [-0.25, -0.2) is 4.98 Å². The minimum Gasteiger partial charge on any atom is -0.424 e. The van der Waals surface area contributed by atoms with Crippen LogP contribution in [0, 0.1) is 6.92 Å². The van der Waals surface area contributed by atoms with Gasteiger partial charge in [-0.15, -0.1) is 0 Å². The van der Waals surface area contributed by atoms with Gasteiger partial charge in [0, 0.05) is 16.6 Å². The first kappa shape index (κ1) is 8.96. The molecule has 3 aromatic rings. The lowest BCUT2D eigenvalue weighted by molar-refractivity contribution is 0.595. The van der Waals surface area contributed by atoms with Crippen LogP contribution < -0.4 is 5.73 Å². The Hall–Kier alpha value is -2.30. The van der Waals surface area contributed by atoms with Crippen molar-refractivity contribution in [1.82, 2.24) is 15.2 Å². The molecule has 16 heavy (non-hydrogen) atoms. The number of aromatic nitrogens is 3. The van der Waals surface area contributed by atoms with Crippen LogP contribution in [0.3, 0.4) is 0 Å². The highest BCUT2D eigenvalue weighted by atomic mass is 16.4. The molecule has 0 aliphatic carbocycles. The maximum atomic E-state index is 5.47. The molecule has 0 unspecified atom stereocenters. The molecule has 2 heterocycles. The van der Waals surface area contributed by atoms with Crippen molar-refractivity contribution in [3.63, 3.8) is 0 Å². The van der Waals surface area contributed by atoms with Crippen LogP contribution in [0.15, 0.2) is 28.8 Å². The molecule has 3 rings (SSSR count). The summed E-state index contributed by atoms with van der Waals surface area (Å²) in [5.41, 5.74) is 8.33. The first-order valence-corrected chi connectivity index (χ1v) is 4.91. The number of benzene rings is 1. The minimum absolute atomic E-state index is 0.174. The molecule has 0 fully saturated rings. The van der Waals surface area contributed by atoms with Gasteiger partial charge in [0.2, 0.25) is 0 Å². The molecule has 5 nitrogen and oxygen atoms in total. The standard InChI is InChI=1S/C11H10N4O/c1-6-10-7(9-5-13-11(12)16-9)3-2-4-8(10)15-14-6/h2-5H,1H3,(H2,12,13)(H,14,15). The van der Waals surface area contributed by atoms with Crippen molar-refractivity contribution in [1.29, 1.82) is 0 Å². The number of fused-ring (bicyclic) bond motifs is 1. The smallest absolute Gasteiger partial charge is 0.292 e. The summed E-state index contributed by atoms with van der Waals surface area (Å²) in [4.78, 5) is 3.89. The van der Waals surface area contributed by atoms with Gasteiger partial charge in [-0.05, 0) is 13.0 Å². The summed E-state index contributed by atoms with van der Waals surface area (Å²) in [6.07, 6.45) is 1.62. The van der Waals surface area contributed by atoms with Gasteiger partial charge in [-0.2, -0.15) is 5.10 Å². The van der Waals surface area contributed by atoms with Crippen LogP contribution in [0.1, 0.15) is 5.69 Å². The van der Waals surface area contributed by atoms with E-state index in [9.17, 15) is 0 Å². The fraction of sp³-hybridized carbons (Fsp3) is 0.0909. The molecular formula is C11H10N4O. The number of nitrogen functional groups attached to an aromatic ring is 1. The monoisotopic (exact) mass is 214 g/mol. The molecule has 0 atom stereocenters. The lowest BCUT2D eigenvalue weighted by Crippen LogP contribution is -1.80. The van der Waals surface area contributed by atoms with Crippen LogP contribution in [0.5, 0.6) is 0 Å². The summed E-state index contributed by atoms with van der Waals surface area (Å²) in [6.45, 7) is 1.97. The van der Waals surface area contributed by atoms with E-state index in [2.05, 4.69) is 15.2 Å². The summed E-state index contributed by atoms with van der Waals surface area (Å²) < 4.78 is 5.33. The Bertz CT molecular complexity index is 653. The van der Waals surface area contributed by atoms with Crippen LogP contribution >= 0.6 is 0 Å². The van der Waals surface area contributed by atoms with E-state index in [1.165, 1.54) is 0 Å². The molecule has 0 aliphatic heterocycles. The molecule has 0 saturated carbocycles. The predicted octanol–water partition coefficient (Wildman–Crippen LogP) is 2.11. The van der Waals surface area contributed by atoms with E-state index in [1.807, 2.05) is 25.1 Å². The molecule has 5 heteroatoms. The summed E-state index contributed by atoms with van der Waals surface area (Å²) >= 11 is 0. The maximum Gasteiger partial charge on any atom is 0.292 e. The number of nitrogens with one attached hydrogen (secondary N) is 1. The SMILES string of the molecule is Cc1[nH]nc2cccc(-c3cnc(N)o3)c12. The van der Waals surface area contributed by atoms with Gasteiger partial charge >= 0.3 is 0 Å². The van der Waals surface area contributed by atoms with Crippen molar-refractivity contribution in [3.05, 3.63) is 30.1 Å². The Balaban J connectivity index is 2.34. The van der Waals surface area contributed by atoms with Crippen LogP contribution in [-0.2, 0) is 0 Å². The fourth-order valence-corrected chi connectivity index (χ4v) is 1.84. The fourth-order valence-electron chi connectivity index (χ4n) is 1.84. The second-order valence-electron chi connectivity index (χ2n) is 3.61. The zero-order valence-electron chi connectivity index (χ0n) is 8.69. The first-order chi connectivity index (χ1) is 7.75. The molecule has 2 aromatic heterocycles. The highest BCUT2D eigenvalue weighted by Crippen LogP contribution is 2.30. The van der Waals surface area contributed by atoms with Gasteiger partial charge in [-0.1, -0.05) is 12.1 Å². The average Bonchev–Trinajstić information content (AvgIpc) is 2.86. The van der Waals surface area contributed by atoms with Gasteiger partial charge in [0.1, 0.15) is 0 Å². The van der Waals surface area contributed by atoms with Gasteiger partial charge in [0.15, 0.2) is 5.76 Å². The van der Waals surface area contributed by atoms with E-state index in [1.54, 1.807) is 6.20 Å². The third-order valence-electron chi connectivity index (χ3n) is 2.55. The number of nitrogens with two attached hydrogens (primary N) is 1. The Morgan fingerprint density at radius 3 is 3.00 bits per heavy atom. The predicted molar refractivity (Wildman–Crippen MR) is 60.7 cm³/mol. The van der Waals surface area contributed by atoms with Gasteiger partial charge in [-0.3, -0.25) is 5.10 Å². The third kappa shape index (κ3) is 1.18. The number of aryl methyl sites for hydroxylation is 1. The normalized spacial score (nSPS) is 11.1. The maximum absolute atomic E-state index is 5.47. The molecule has 3 N–H and O–H groups in total. The number of nitrogens with zero attached hydrogens (tertiary/aromatic N) is 2. The summed E-state index contributed by atoms with van der Waals surface area (Å²) in [7, 11) is 0. The van der Waals surface area contributed by atoms with Crippen molar-refractivity contribution < 1.29 is 4.42 Å². The molecule has 0 radical (unpaired) electrons. The molecule has 0 spiro atoms. The zero-order valence-corrected chi connectivity index (χ0v) is 8.69. The Morgan fingerprint density at radius 2 is 2.25 bits per heavy atom. The molecule has 80 valence electrons. The van der Waals surface area contributed by atoms with E-state index in [-0.39, 0.29) is 6.01 Å². The second-order valence-corrected chi connectivity index (χ2v) is 3.61. The van der Waals surface area contributed by atoms with Gasteiger partial charge in [0.05, 0.1) is 11.7 Å². The number of H-pyrrole nitrogens is 1. The summed E-state index contributed by atoms with van der Waals surface area (Å²) in [5, 5.41) is 8.18. The van der Waals surface area contributed by atoms with E-state index in [0.717, 1.165) is 22.2 Å². The van der Waals surface area contributed by atoms with E-state index < -0.39 is 0 Å². The summed E-state index contributed by atoms with van der Waals surface area (Å²) in [5.74, 6) is 0.660. The van der Waals surface area contributed by atoms with E-state index >= 15 is 0 Å². The number of hydrogen-bond donors (Lipinski definition) is 2. The van der Waals surface area contributed by atoms with Crippen molar-refractivity contribution >= 4 is 16.9 Å².